The summed E-state index contributed by atoms with van der Waals surface area (Å²) in [6.45, 7) is 5.49. The van der Waals surface area contributed by atoms with E-state index in [2.05, 4.69) is 10.6 Å². The number of rotatable bonds is 6. The molecule has 32 heavy (non-hydrogen) atoms. The Morgan fingerprint density at radius 3 is 2.19 bits per heavy atom. The number of hydrogen-bond donors (Lipinski definition) is 2. The fourth-order valence-corrected chi connectivity index (χ4v) is 4.22. The van der Waals surface area contributed by atoms with E-state index < -0.39 is 11.9 Å². The van der Waals surface area contributed by atoms with Crippen LogP contribution >= 0.6 is 11.3 Å². The summed E-state index contributed by atoms with van der Waals surface area (Å²) >= 11 is 1.03. The van der Waals surface area contributed by atoms with Crippen molar-refractivity contribution in [3.63, 3.8) is 0 Å². The second-order valence-corrected chi connectivity index (χ2v) is 8.23. The Morgan fingerprint density at radius 1 is 0.875 bits per heavy atom. The highest BCUT2D eigenvalue weighted by atomic mass is 32.1. The van der Waals surface area contributed by atoms with Crippen LogP contribution in [0.3, 0.4) is 0 Å². The van der Waals surface area contributed by atoms with Gasteiger partial charge in [0.2, 0.25) is 0 Å². The van der Waals surface area contributed by atoms with Gasteiger partial charge in [0.05, 0.1) is 24.7 Å². The molecule has 1 heterocycles. The normalized spacial score (nSPS) is 10.4. The van der Waals surface area contributed by atoms with Crippen LogP contribution in [0.2, 0.25) is 0 Å². The van der Waals surface area contributed by atoms with Crippen LogP contribution in [0.1, 0.15) is 47.1 Å². The second kappa shape index (κ2) is 9.65. The van der Waals surface area contributed by atoms with Gasteiger partial charge in [-0.1, -0.05) is 12.1 Å². The molecule has 7 nitrogen and oxygen atoms in total. The summed E-state index contributed by atoms with van der Waals surface area (Å²) in [6, 6.07) is 12.3. The van der Waals surface area contributed by atoms with Crippen molar-refractivity contribution in [2.75, 3.05) is 24.9 Å². The molecule has 0 aliphatic carbocycles. The number of nitrogens with one attached hydrogen (secondary N) is 2. The van der Waals surface area contributed by atoms with Gasteiger partial charge in [0.1, 0.15) is 10.8 Å². The molecule has 0 unspecified atom stereocenters. The molecule has 0 radical (unpaired) electrons. The first-order valence-corrected chi connectivity index (χ1v) is 10.6. The maximum Gasteiger partial charge on any atom is 0.341 e. The van der Waals surface area contributed by atoms with Gasteiger partial charge in [-0.2, -0.15) is 0 Å². The van der Waals surface area contributed by atoms with E-state index in [0.717, 1.165) is 22.5 Å². The Balaban J connectivity index is 1.93. The number of hydrogen-bond acceptors (Lipinski definition) is 6. The predicted molar refractivity (Wildman–Crippen MR) is 125 cm³/mol. The molecule has 2 N–H and O–H groups in total. The number of anilines is 2. The molecule has 0 fully saturated rings. The number of carbonyl (C=O) groups excluding carboxylic acids is 3. The smallest absolute Gasteiger partial charge is 0.341 e. The molecular weight excluding hydrogens is 428 g/mol. The molecule has 0 bridgehead atoms. The Hall–Kier alpha value is -3.65. The van der Waals surface area contributed by atoms with E-state index in [9.17, 15) is 14.4 Å². The van der Waals surface area contributed by atoms with Crippen LogP contribution in [0.15, 0.2) is 42.5 Å². The van der Waals surface area contributed by atoms with Crippen LogP contribution in [0, 0.1) is 20.8 Å². The van der Waals surface area contributed by atoms with Gasteiger partial charge in [-0.05, 0) is 67.8 Å². The van der Waals surface area contributed by atoms with Gasteiger partial charge in [0, 0.05) is 11.3 Å². The summed E-state index contributed by atoms with van der Waals surface area (Å²) in [7, 11) is 2.79. The molecule has 0 saturated heterocycles. The highest BCUT2D eigenvalue weighted by Crippen LogP contribution is 2.35. The standard InChI is InChI=1S/C24H24N2O5S/c1-13-6-7-14(2)18(12-13)25-22(28)20-15(3)19(24(29)31-5)23(32-20)26-21(27)16-8-10-17(30-4)11-9-16/h6-12H,1-5H3,(H,25,28)(H,26,27). The molecule has 0 saturated carbocycles. The zero-order valence-corrected chi connectivity index (χ0v) is 19.3. The highest BCUT2D eigenvalue weighted by molar-refractivity contribution is 7.19. The van der Waals surface area contributed by atoms with Crippen LogP contribution in [0.4, 0.5) is 10.7 Å². The van der Waals surface area contributed by atoms with Gasteiger partial charge in [-0.3, -0.25) is 9.59 Å². The topological polar surface area (TPSA) is 93.7 Å². The lowest BCUT2D eigenvalue weighted by Gasteiger charge is -2.09. The van der Waals surface area contributed by atoms with Crippen molar-refractivity contribution >= 4 is 39.8 Å². The molecule has 2 aromatic carbocycles. The Bertz CT molecular complexity index is 1180. The Labute approximate surface area is 190 Å². The zero-order valence-electron chi connectivity index (χ0n) is 18.5. The maximum absolute atomic E-state index is 13.0. The molecule has 3 aromatic rings. The van der Waals surface area contributed by atoms with E-state index >= 15 is 0 Å². The third-order valence-electron chi connectivity index (χ3n) is 4.96. The van der Waals surface area contributed by atoms with Crippen molar-refractivity contribution in [2.45, 2.75) is 20.8 Å². The van der Waals surface area contributed by atoms with Gasteiger partial charge in [0.25, 0.3) is 11.8 Å². The lowest BCUT2D eigenvalue weighted by Crippen LogP contribution is -2.14. The third kappa shape index (κ3) is 4.81. The largest absolute Gasteiger partial charge is 0.497 e. The third-order valence-corrected chi connectivity index (χ3v) is 6.17. The fraction of sp³-hybridized carbons (Fsp3) is 0.208. The lowest BCUT2D eigenvalue weighted by molar-refractivity contribution is 0.0601. The van der Waals surface area contributed by atoms with Crippen LogP contribution in [-0.2, 0) is 4.74 Å². The van der Waals surface area contributed by atoms with Crippen LogP contribution < -0.4 is 15.4 Å². The van der Waals surface area contributed by atoms with Gasteiger partial charge < -0.3 is 20.1 Å². The van der Waals surface area contributed by atoms with Crippen molar-refractivity contribution < 1.29 is 23.9 Å². The Kier molecular flexibility index (Phi) is 6.95. The van der Waals surface area contributed by atoms with Gasteiger partial charge in [0.15, 0.2) is 0 Å². The number of benzene rings is 2. The molecule has 0 aliphatic rings. The summed E-state index contributed by atoms with van der Waals surface area (Å²) in [5.41, 5.74) is 3.59. The van der Waals surface area contributed by atoms with Crippen molar-refractivity contribution in [3.8, 4) is 5.75 Å². The minimum Gasteiger partial charge on any atom is -0.497 e. The molecule has 0 atom stereocenters. The monoisotopic (exact) mass is 452 g/mol. The summed E-state index contributed by atoms with van der Waals surface area (Å²) in [6.07, 6.45) is 0. The van der Waals surface area contributed by atoms with Crippen molar-refractivity contribution in [2.24, 2.45) is 0 Å². The molecule has 166 valence electrons. The first-order chi connectivity index (χ1) is 15.2. The predicted octanol–water partition coefficient (Wildman–Crippen LogP) is 4.97. The molecule has 2 amide bonds. The molecule has 0 spiro atoms. The van der Waals surface area contributed by atoms with Crippen molar-refractivity contribution in [1.82, 2.24) is 0 Å². The average molecular weight is 453 g/mol. The number of amides is 2. The van der Waals surface area contributed by atoms with Crippen LogP contribution in [-0.4, -0.2) is 32.0 Å². The van der Waals surface area contributed by atoms with Gasteiger partial charge >= 0.3 is 5.97 Å². The first-order valence-electron chi connectivity index (χ1n) is 9.80. The molecule has 3 rings (SSSR count). The summed E-state index contributed by atoms with van der Waals surface area (Å²) in [5, 5.41) is 5.89. The van der Waals surface area contributed by atoms with Crippen LogP contribution in [0.5, 0.6) is 5.75 Å². The van der Waals surface area contributed by atoms with Crippen LogP contribution in [0.25, 0.3) is 0 Å². The lowest BCUT2D eigenvalue weighted by atomic mass is 10.1. The number of methoxy groups -OCH3 is 2. The van der Waals surface area contributed by atoms with E-state index in [4.69, 9.17) is 9.47 Å². The van der Waals surface area contributed by atoms with Crippen molar-refractivity contribution in [1.29, 1.82) is 0 Å². The SMILES string of the molecule is COC(=O)c1c(NC(=O)c2ccc(OC)cc2)sc(C(=O)Nc2cc(C)ccc2C)c1C. The molecule has 8 heteroatoms. The van der Waals surface area contributed by atoms with Gasteiger partial charge in [-0.25, -0.2) is 4.79 Å². The minimum absolute atomic E-state index is 0.158. The highest BCUT2D eigenvalue weighted by Gasteiger charge is 2.27. The van der Waals surface area contributed by atoms with Gasteiger partial charge in [-0.15, -0.1) is 11.3 Å². The van der Waals surface area contributed by atoms with E-state index in [-0.39, 0.29) is 16.5 Å². The molecular formula is C24H24N2O5S. The Morgan fingerprint density at radius 2 is 1.56 bits per heavy atom. The van der Waals surface area contributed by atoms with E-state index in [1.807, 2.05) is 32.0 Å². The maximum atomic E-state index is 13.0. The number of thiophene rings is 1. The quantitative estimate of drug-likeness (QED) is 0.515. The average Bonchev–Trinajstić information content (AvgIpc) is 3.11. The zero-order chi connectivity index (χ0) is 23.4. The molecule has 0 aliphatic heterocycles. The number of aryl methyl sites for hydroxylation is 2. The van der Waals surface area contributed by atoms with E-state index in [1.165, 1.54) is 14.2 Å². The first kappa shape index (κ1) is 23.0. The second-order valence-electron chi connectivity index (χ2n) is 7.21. The molecule has 1 aromatic heterocycles. The fourth-order valence-electron chi connectivity index (χ4n) is 3.13. The summed E-state index contributed by atoms with van der Waals surface area (Å²) in [5.74, 6) is -0.791. The van der Waals surface area contributed by atoms with Crippen molar-refractivity contribution in [3.05, 3.63) is 75.2 Å². The number of ether oxygens (including phenoxy) is 2. The summed E-state index contributed by atoms with van der Waals surface area (Å²) in [4.78, 5) is 38.5. The number of carbonyl (C=O) groups is 3. The number of esters is 1. The summed E-state index contributed by atoms with van der Waals surface area (Å²) < 4.78 is 10.00. The van der Waals surface area contributed by atoms with E-state index in [1.54, 1.807) is 31.2 Å². The minimum atomic E-state index is -0.630. The van der Waals surface area contributed by atoms with E-state index in [0.29, 0.717) is 27.4 Å².